The number of rotatable bonds is 7. The molecular weight excluding hydrogens is 627 g/mol. The van der Waals surface area contributed by atoms with Crippen molar-refractivity contribution in [2.75, 3.05) is 58.3 Å². The fourth-order valence-electron chi connectivity index (χ4n) is 6.62. The van der Waals surface area contributed by atoms with Crippen molar-refractivity contribution in [2.24, 2.45) is 0 Å². The molecule has 0 N–H and O–H groups in total. The molecule has 2 aliphatic rings. The Morgan fingerprint density at radius 1 is 1.02 bits per heavy atom. The average molecular weight is 673 g/mol. The number of likely N-dealkylation sites (tertiary alicyclic amines) is 1. The normalized spacial score (nSPS) is 17.0. The molecule has 4 aromatic rings. The van der Waals surface area contributed by atoms with Gasteiger partial charge in [-0.15, -0.1) is 0 Å². The lowest BCUT2D eigenvalue weighted by atomic mass is 9.87. The number of carbonyl (C=O) groups excluding carboxylic acids is 3. The van der Waals surface area contributed by atoms with Gasteiger partial charge in [-0.1, -0.05) is 12.1 Å². The smallest absolute Gasteiger partial charge is 0.410 e. The Kier molecular flexibility index (Phi) is 9.67. The first-order valence-corrected chi connectivity index (χ1v) is 16.9. The number of ether oxygens (including phenoxy) is 1. The van der Waals surface area contributed by atoms with E-state index in [2.05, 4.69) is 10.00 Å². The monoisotopic (exact) mass is 672 g/mol. The van der Waals surface area contributed by atoms with Crippen LogP contribution in [0.1, 0.15) is 62.1 Å². The number of hydrogen-bond acceptors (Lipinski definition) is 7. The molecule has 2 aromatic carbocycles. The number of halogens is 1. The van der Waals surface area contributed by atoms with Crippen molar-refractivity contribution in [2.45, 2.75) is 58.1 Å². The lowest BCUT2D eigenvalue weighted by Gasteiger charge is -2.36. The lowest BCUT2D eigenvalue weighted by molar-refractivity contribution is -0.132. The first-order valence-electron chi connectivity index (χ1n) is 16.9. The predicted molar refractivity (Wildman–Crippen MR) is 185 cm³/mol. The van der Waals surface area contributed by atoms with E-state index in [0.717, 1.165) is 24.1 Å². The molecule has 2 saturated heterocycles. The summed E-state index contributed by atoms with van der Waals surface area (Å²) in [4.78, 5) is 45.8. The van der Waals surface area contributed by atoms with Crippen LogP contribution in [0.15, 0.2) is 59.3 Å². The number of piperazine rings is 1. The van der Waals surface area contributed by atoms with Crippen molar-refractivity contribution in [1.82, 2.24) is 24.5 Å². The maximum atomic E-state index is 16.4. The molecular formula is C37H45FN6O5. The molecule has 1 atom stereocenters. The highest BCUT2D eigenvalue weighted by Crippen LogP contribution is 2.40. The Labute approximate surface area is 286 Å². The van der Waals surface area contributed by atoms with Crippen LogP contribution in [0.5, 0.6) is 0 Å². The third-order valence-corrected chi connectivity index (χ3v) is 9.19. The molecule has 4 heterocycles. The molecule has 2 aromatic heterocycles. The number of nitrogens with zero attached hydrogens (tertiary/aromatic N) is 6. The van der Waals surface area contributed by atoms with Crippen LogP contribution in [0, 0.1) is 5.82 Å². The summed E-state index contributed by atoms with van der Waals surface area (Å²) in [6.07, 6.45) is 5.04. The molecule has 3 amide bonds. The highest BCUT2D eigenvalue weighted by molar-refractivity contribution is 6.00. The van der Waals surface area contributed by atoms with Crippen molar-refractivity contribution in [3.05, 3.63) is 72.0 Å². The summed E-state index contributed by atoms with van der Waals surface area (Å²) in [5, 5.41) is 4.44. The van der Waals surface area contributed by atoms with E-state index < -0.39 is 11.4 Å². The molecule has 6 rings (SSSR count). The summed E-state index contributed by atoms with van der Waals surface area (Å²) in [6, 6.07) is 13.2. The molecule has 49 heavy (non-hydrogen) atoms. The maximum absolute atomic E-state index is 16.4. The largest absolute Gasteiger partial charge is 0.450 e. The zero-order valence-electron chi connectivity index (χ0n) is 28.9. The minimum Gasteiger partial charge on any atom is -0.450 e. The van der Waals surface area contributed by atoms with E-state index in [9.17, 15) is 14.4 Å². The van der Waals surface area contributed by atoms with Crippen LogP contribution in [0.4, 0.5) is 14.9 Å². The summed E-state index contributed by atoms with van der Waals surface area (Å²) in [5.41, 5.74) is 2.80. The summed E-state index contributed by atoms with van der Waals surface area (Å²) in [5.74, 6) is -0.900. The first kappa shape index (κ1) is 34.0. The molecule has 2 aliphatic heterocycles. The van der Waals surface area contributed by atoms with Gasteiger partial charge in [-0.2, -0.15) is 5.10 Å². The first-order chi connectivity index (χ1) is 23.4. The number of anilines is 1. The Bertz CT molecular complexity index is 1800. The van der Waals surface area contributed by atoms with Gasteiger partial charge in [-0.05, 0) is 69.0 Å². The van der Waals surface area contributed by atoms with Gasteiger partial charge < -0.3 is 28.8 Å². The van der Waals surface area contributed by atoms with Crippen molar-refractivity contribution >= 4 is 34.6 Å². The van der Waals surface area contributed by atoms with Gasteiger partial charge in [0, 0.05) is 102 Å². The van der Waals surface area contributed by atoms with Crippen molar-refractivity contribution in [1.29, 1.82) is 0 Å². The number of aromatic nitrogens is 2. The molecule has 0 radical (unpaired) electrons. The Morgan fingerprint density at radius 3 is 2.41 bits per heavy atom. The number of furan rings is 1. The highest BCUT2D eigenvalue weighted by atomic mass is 19.1. The van der Waals surface area contributed by atoms with Crippen LogP contribution < -0.4 is 4.90 Å². The Balaban J connectivity index is 1.26. The third-order valence-electron chi connectivity index (χ3n) is 9.19. The van der Waals surface area contributed by atoms with Crippen LogP contribution in [0.3, 0.4) is 0 Å². The second-order valence-corrected chi connectivity index (χ2v) is 14.1. The van der Waals surface area contributed by atoms with E-state index >= 15 is 4.39 Å². The van der Waals surface area contributed by atoms with Crippen LogP contribution >= 0.6 is 0 Å². The van der Waals surface area contributed by atoms with Gasteiger partial charge in [-0.3, -0.25) is 14.3 Å². The zero-order chi connectivity index (χ0) is 34.9. The van der Waals surface area contributed by atoms with Crippen LogP contribution in [0.25, 0.3) is 22.1 Å². The predicted octanol–water partition coefficient (Wildman–Crippen LogP) is 5.99. The maximum Gasteiger partial charge on any atom is 0.410 e. The summed E-state index contributed by atoms with van der Waals surface area (Å²) in [6.45, 7) is 9.55. The number of piperidine rings is 1. The molecule has 0 bridgehead atoms. The molecule has 11 nitrogen and oxygen atoms in total. The molecule has 0 saturated carbocycles. The van der Waals surface area contributed by atoms with E-state index in [1.54, 1.807) is 29.9 Å². The van der Waals surface area contributed by atoms with Gasteiger partial charge >= 0.3 is 6.09 Å². The van der Waals surface area contributed by atoms with Crippen molar-refractivity contribution < 1.29 is 27.9 Å². The lowest BCUT2D eigenvalue weighted by Crippen LogP contribution is -2.50. The second-order valence-electron chi connectivity index (χ2n) is 14.1. The van der Waals surface area contributed by atoms with Crippen LogP contribution in [0.2, 0.25) is 0 Å². The topological polar surface area (TPSA) is 104 Å². The van der Waals surface area contributed by atoms with Crippen molar-refractivity contribution in [3.63, 3.8) is 0 Å². The van der Waals surface area contributed by atoms with E-state index in [0.29, 0.717) is 68.9 Å². The van der Waals surface area contributed by atoms with Crippen LogP contribution in [-0.4, -0.2) is 101 Å². The average Bonchev–Trinajstić information content (AvgIpc) is 3.78. The SMILES string of the molecule is CN(C)C(=O)c1cc2c(F)c([C@H]3CCCN(C(=O)CCn4cccn4)C3)cc(-c3ccc(N4CCN(C(=O)OC(C)(C)C)CC4)cc3)c2o1. The number of aryl methyl sites for hydroxylation is 1. The minimum atomic E-state index is -0.543. The molecule has 0 aliphatic carbocycles. The number of amides is 3. The number of hydrogen-bond donors (Lipinski definition) is 0. The molecule has 0 spiro atoms. The summed E-state index contributed by atoms with van der Waals surface area (Å²) < 4.78 is 29.8. The molecule has 12 heteroatoms. The second kappa shape index (κ2) is 13.9. The third kappa shape index (κ3) is 7.58. The molecule has 0 unspecified atom stereocenters. The fraction of sp³-hybridized carbons (Fsp3) is 0.459. The van der Waals surface area contributed by atoms with Crippen molar-refractivity contribution in [3.8, 4) is 11.1 Å². The summed E-state index contributed by atoms with van der Waals surface area (Å²) >= 11 is 0. The summed E-state index contributed by atoms with van der Waals surface area (Å²) in [7, 11) is 3.26. The fourth-order valence-corrected chi connectivity index (χ4v) is 6.62. The van der Waals surface area contributed by atoms with E-state index in [1.807, 2.05) is 68.3 Å². The molecule has 2 fully saturated rings. The minimum absolute atomic E-state index is 0.0200. The number of carbonyl (C=O) groups is 3. The van der Waals surface area contributed by atoms with Gasteiger partial charge in [-0.25, -0.2) is 9.18 Å². The quantitative estimate of drug-likeness (QED) is 0.238. The molecule has 260 valence electrons. The van der Waals surface area contributed by atoms with E-state index in [1.165, 1.54) is 11.0 Å². The van der Waals surface area contributed by atoms with Crippen LogP contribution in [-0.2, 0) is 16.1 Å². The Hall–Kier alpha value is -4.87. The van der Waals surface area contributed by atoms with Gasteiger partial charge in [0.2, 0.25) is 5.91 Å². The van der Waals surface area contributed by atoms with Gasteiger partial charge in [0.25, 0.3) is 5.91 Å². The number of benzene rings is 2. The highest BCUT2D eigenvalue weighted by Gasteiger charge is 2.30. The van der Waals surface area contributed by atoms with Gasteiger partial charge in [0.15, 0.2) is 5.76 Å². The standard InChI is InChI=1S/C37H45FN6O5/c1-37(2,3)49-36(47)42-20-18-41(19-21-42)27-11-9-25(10-12-27)29-22-28(33(38)30-23-31(48-34(29)30)35(46)40(4)5)26-8-6-15-43(24-26)32(45)13-17-44-16-7-14-39-44/h7,9-12,14,16,22-23,26H,6,8,13,15,17-21,24H2,1-5H3/t26-/m0/s1. The van der Waals surface area contributed by atoms with Gasteiger partial charge in [0.05, 0.1) is 5.39 Å². The Morgan fingerprint density at radius 2 is 1.76 bits per heavy atom. The van der Waals surface area contributed by atoms with E-state index in [4.69, 9.17) is 9.15 Å². The van der Waals surface area contributed by atoms with E-state index in [-0.39, 0.29) is 35.0 Å². The number of fused-ring (bicyclic) bond motifs is 1. The zero-order valence-corrected chi connectivity index (χ0v) is 28.9. The van der Waals surface area contributed by atoms with Gasteiger partial charge in [0.1, 0.15) is 17.0 Å².